The second kappa shape index (κ2) is 6.35. The molecule has 6 heteroatoms. The normalized spacial score (nSPS) is 11.3. The van der Waals surface area contributed by atoms with Gasteiger partial charge in [-0.05, 0) is 17.7 Å². The highest BCUT2D eigenvalue weighted by atomic mass is 16.6. The number of methoxy groups -OCH3 is 1. The van der Waals surface area contributed by atoms with Gasteiger partial charge in [-0.15, -0.1) is 0 Å². The van der Waals surface area contributed by atoms with Gasteiger partial charge in [-0.2, -0.15) is 5.26 Å². The Labute approximate surface area is 104 Å². The summed E-state index contributed by atoms with van der Waals surface area (Å²) in [6.45, 7) is -0.371. The van der Waals surface area contributed by atoms with E-state index in [0.29, 0.717) is 11.1 Å². The van der Waals surface area contributed by atoms with Crippen LogP contribution in [-0.4, -0.2) is 24.5 Å². The zero-order valence-electron chi connectivity index (χ0n) is 9.83. The molecule has 0 aliphatic carbocycles. The van der Waals surface area contributed by atoms with E-state index < -0.39 is 16.8 Å². The molecule has 0 heterocycles. The SMILES string of the molecule is COC(=O)CC(C[N+](=O)[O-])c1cccc(C#N)c1. The topological polar surface area (TPSA) is 93.2 Å². The van der Waals surface area contributed by atoms with Crippen molar-refractivity contribution in [1.29, 1.82) is 5.26 Å². The predicted octanol–water partition coefficient (Wildman–Crippen LogP) is 1.48. The van der Waals surface area contributed by atoms with Gasteiger partial charge >= 0.3 is 5.97 Å². The summed E-state index contributed by atoms with van der Waals surface area (Å²) in [4.78, 5) is 21.3. The lowest BCUT2D eigenvalue weighted by molar-refractivity contribution is -0.483. The van der Waals surface area contributed by atoms with E-state index >= 15 is 0 Å². The van der Waals surface area contributed by atoms with Crippen LogP contribution < -0.4 is 0 Å². The van der Waals surface area contributed by atoms with E-state index in [1.165, 1.54) is 7.11 Å². The molecule has 1 aromatic carbocycles. The number of nitro groups is 1. The minimum Gasteiger partial charge on any atom is -0.469 e. The standard InChI is InChI=1S/C12H12N2O4/c1-18-12(15)6-11(8-14(16)17)10-4-2-3-9(5-10)7-13/h2-5,11H,6,8H2,1H3. The predicted molar refractivity (Wildman–Crippen MR) is 62.4 cm³/mol. The molecule has 1 unspecified atom stereocenters. The van der Waals surface area contributed by atoms with E-state index in [2.05, 4.69) is 4.74 Å². The second-order valence-corrected chi connectivity index (χ2v) is 3.73. The zero-order valence-corrected chi connectivity index (χ0v) is 9.83. The lowest BCUT2D eigenvalue weighted by Crippen LogP contribution is -2.17. The van der Waals surface area contributed by atoms with Gasteiger partial charge in [-0.1, -0.05) is 12.1 Å². The third kappa shape index (κ3) is 3.87. The van der Waals surface area contributed by atoms with Gasteiger partial charge in [-0.25, -0.2) is 0 Å². The Morgan fingerprint density at radius 3 is 2.89 bits per heavy atom. The Morgan fingerprint density at radius 1 is 1.61 bits per heavy atom. The van der Waals surface area contributed by atoms with Gasteiger partial charge in [0, 0.05) is 4.92 Å². The van der Waals surface area contributed by atoms with Crippen LogP contribution in [0.2, 0.25) is 0 Å². The molecule has 6 nitrogen and oxygen atoms in total. The summed E-state index contributed by atoms with van der Waals surface area (Å²) in [5.74, 6) is -1.09. The van der Waals surface area contributed by atoms with Gasteiger partial charge in [-0.3, -0.25) is 14.9 Å². The fraction of sp³-hybridized carbons (Fsp3) is 0.333. The Kier molecular flexibility index (Phi) is 4.81. The van der Waals surface area contributed by atoms with Gasteiger partial charge in [0.15, 0.2) is 0 Å². The van der Waals surface area contributed by atoms with Crippen LogP contribution in [0.15, 0.2) is 24.3 Å². The molecule has 1 rings (SSSR count). The number of esters is 1. The van der Waals surface area contributed by atoms with Gasteiger partial charge in [0.25, 0.3) is 0 Å². The summed E-state index contributed by atoms with van der Waals surface area (Å²) >= 11 is 0. The molecule has 1 atom stereocenters. The Bertz CT molecular complexity index is 493. The Hall–Kier alpha value is -2.42. The number of carbonyl (C=O) groups excluding carboxylic acids is 1. The molecule has 0 aliphatic rings. The smallest absolute Gasteiger partial charge is 0.306 e. The van der Waals surface area contributed by atoms with Crippen molar-refractivity contribution in [2.45, 2.75) is 12.3 Å². The van der Waals surface area contributed by atoms with Crippen LogP contribution in [0.3, 0.4) is 0 Å². The summed E-state index contributed by atoms with van der Waals surface area (Å²) < 4.78 is 4.51. The molecule has 1 aromatic rings. The molecule has 0 N–H and O–H groups in total. The van der Waals surface area contributed by atoms with Crippen LogP contribution in [-0.2, 0) is 9.53 Å². The average Bonchev–Trinajstić information content (AvgIpc) is 2.37. The first kappa shape index (κ1) is 13.6. The maximum Gasteiger partial charge on any atom is 0.306 e. The number of ether oxygens (including phenoxy) is 1. The van der Waals surface area contributed by atoms with E-state index in [4.69, 9.17) is 5.26 Å². The number of benzene rings is 1. The molecule has 0 saturated heterocycles. The van der Waals surface area contributed by atoms with E-state index in [1.54, 1.807) is 24.3 Å². The van der Waals surface area contributed by atoms with Gasteiger partial charge < -0.3 is 4.74 Å². The number of hydrogen-bond acceptors (Lipinski definition) is 5. The molecule has 18 heavy (non-hydrogen) atoms. The summed E-state index contributed by atoms with van der Waals surface area (Å²) in [7, 11) is 1.23. The molecule has 0 spiro atoms. The lowest BCUT2D eigenvalue weighted by Gasteiger charge is -2.12. The highest BCUT2D eigenvalue weighted by Gasteiger charge is 2.22. The monoisotopic (exact) mass is 248 g/mol. The summed E-state index contributed by atoms with van der Waals surface area (Å²) in [5.41, 5.74) is 1.00. The van der Waals surface area contributed by atoms with Gasteiger partial charge in [0.1, 0.15) is 0 Å². The Morgan fingerprint density at radius 2 is 2.33 bits per heavy atom. The summed E-state index contributed by atoms with van der Waals surface area (Å²) in [6.07, 6.45) is -0.0770. The number of hydrogen-bond donors (Lipinski definition) is 0. The van der Waals surface area contributed by atoms with Crippen LogP contribution in [0.25, 0.3) is 0 Å². The minimum atomic E-state index is -0.583. The van der Waals surface area contributed by atoms with Crippen LogP contribution in [0.5, 0.6) is 0 Å². The third-order valence-electron chi connectivity index (χ3n) is 2.50. The van der Waals surface area contributed by atoms with E-state index in [-0.39, 0.29) is 13.0 Å². The van der Waals surface area contributed by atoms with Crippen molar-refractivity contribution < 1.29 is 14.5 Å². The molecule has 0 fully saturated rings. The van der Waals surface area contributed by atoms with Crippen molar-refractivity contribution in [1.82, 2.24) is 0 Å². The van der Waals surface area contributed by atoms with E-state index in [0.717, 1.165) is 0 Å². The average molecular weight is 248 g/mol. The maximum absolute atomic E-state index is 11.2. The molecular formula is C12H12N2O4. The molecule has 0 saturated carbocycles. The second-order valence-electron chi connectivity index (χ2n) is 3.73. The van der Waals surface area contributed by atoms with Crippen LogP contribution in [0.4, 0.5) is 0 Å². The fourth-order valence-electron chi connectivity index (χ4n) is 1.61. The Balaban J connectivity index is 2.97. The molecule has 0 aromatic heterocycles. The van der Waals surface area contributed by atoms with Crippen LogP contribution in [0.1, 0.15) is 23.5 Å². The number of carbonyl (C=O) groups is 1. The van der Waals surface area contributed by atoms with Crippen molar-refractivity contribution in [3.63, 3.8) is 0 Å². The molecule has 0 amide bonds. The van der Waals surface area contributed by atoms with Crippen molar-refractivity contribution in [2.24, 2.45) is 0 Å². The van der Waals surface area contributed by atoms with Gasteiger partial charge in [0.2, 0.25) is 6.54 Å². The molecule has 0 radical (unpaired) electrons. The van der Waals surface area contributed by atoms with E-state index in [1.807, 2.05) is 6.07 Å². The largest absolute Gasteiger partial charge is 0.469 e. The quantitative estimate of drug-likeness (QED) is 0.447. The fourth-order valence-corrected chi connectivity index (χ4v) is 1.61. The number of nitriles is 1. The van der Waals surface area contributed by atoms with Crippen molar-refractivity contribution in [3.05, 3.63) is 45.5 Å². The minimum absolute atomic E-state index is 0.0770. The first-order valence-corrected chi connectivity index (χ1v) is 5.25. The lowest BCUT2D eigenvalue weighted by atomic mass is 9.94. The summed E-state index contributed by atoms with van der Waals surface area (Å²) in [5, 5.41) is 19.4. The van der Waals surface area contributed by atoms with Crippen LogP contribution >= 0.6 is 0 Å². The van der Waals surface area contributed by atoms with Crippen molar-refractivity contribution in [2.75, 3.05) is 13.7 Å². The van der Waals surface area contributed by atoms with Crippen molar-refractivity contribution in [3.8, 4) is 6.07 Å². The molecule has 0 aliphatic heterocycles. The van der Waals surface area contributed by atoms with Crippen molar-refractivity contribution >= 4 is 5.97 Å². The zero-order chi connectivity index (χ0) is 13.5. The maximum atomic E-state index is 11.2. The first-order chi connectivity index (χ1) is 8.56. The number of rotatable bonds is 5. The highest BCUT2D eigenvalue weighted by Crippen LogP contribution is 2.21. The summed E-state index contributed by atoms with van der Waals surface area (Å²) in [6, 6.07) is 8.41. The van der Waals surface area contributed by atoms with E-state index in [9.17, 15) is 14.9 Å². The molecule has 94 valence electrons. The molecule has 0 bridgehead atoms. The number of nitrogens with zero attached hydrogens (tertiary/aromatic N) is 2. The first-order valence-electron chi connectivity index (χ1n) is 5.25. The molecular weight excluding hydrogens is 236 g/mol. The van der Waals surface area contributed by atoms with Gasteiger partial charge in [0.05, 0.1) is 31.1 Å². The highest BCUT2D eigenvalue weighted by molar-refractivity contribution is 5.70. The van der Waals surface area contributed by atoms with Crippen LogP contribution in [0, 0.1) is 21.4 Å². The third-order valence-corrected chi connectivity index (χ3v) is 2.50.